The van der Waals surface area contributed by atoms with Crippen molar-refractivity contribution in [1.29, 1.82) is 0 Å². The highest BCUT2D eigenvalue weighted by molar-refractivity contribution is 7.98. The second kappa shape index (κ2) is 6.44. The summed E-state index contributed by atoms with van der Waals surface area (Å²) in [4.78, 5) is 11.3. The summed E-state index contributed by atoms with van der Waals surface area (Å²) >= 11 is 1.72. The Morgan fingerprint density at radius 3 is 2.46 bits per heavy atom. The van der Waals surface area contributed by atoms with E-state index >= 15 is 0 Å². The van der Waals surface area contributed by atoms with Gasteiger partial charge in [0.05, 0.1) is 5.60 Å². The van der Waals surface area contributed by atoms with E-state index in [1.807, 2.05) is 20.1 Å². The fourth-order valence-corrected chi connectivity index (χ4v) is 1.32. The van der Waals surface area contributed by atoms with Crippen LogP contribution in [0.3, 0.4) is 0 Å². The van der Waals surface area contributed by atoms with E-state index in [-0.39, 0.29) is 5.60 Å². The Kier molecular flexibility index (Phi) is 6.43. The monoisotopic (exact) mass is 204 g/mol. The topological polar surface area (TPSA) is 26.3 Å². The van der Waals surface area contributed by atoms with E-state index in [9.17, 15) is 4.79 Å². The van der Waals surface area contributed by atoms with Gasteiger partial charge in [-0.05, 0) is 32.3 Å². The quantitative estimate of drug-likeness (QED) is 0.637. The first kappa shape index (κ1) is 13.0. The Morgan fingerprint density at radius 2 is 2.00 bits per heavy atom. The molecule has 0 N–H and O–H groups in total. The molecule has 0 aromatic rings. The first-order valence-electron chi connectivity index (χ1n) is 4.57. The predicted octanol–water partition coefficient (Wildman–Crippen LogP) is 2.51. The van der Waals surface area contributed by atoms with Crippen LogP contribution < -0.4 is 0 Å². The maximum atomic E-state index is 11.3. The molecule has 0 bridgehead atoms. The second-order valence-corrected chi connectivity index (χ2v) is 4.73. The Balaban J connectivity index is 3.57. The molecule has 13 heavy (non-hydrogen) atoms. The molecule has 0 aliphatic heterocycles. The molecule has 0 spiro atoms. The number of ether oxygens (including phenoxy) is 1. The summed E-state index contributed by atoms with van der Waals surface area (Å²) < 4.78 is 5.24. The molecule has 0 rings (SSSR count). The molecule has 0 saturated heterocycles. The van der Waals surface area contributed by atoms with Crippen molar-refractivity contribution in [3.05, 3.63) is 0 Å². The predicted molar refractivity (Wildman–Crippen MR) is 58.3 cm³/mol. The minimum atomic E-state index is -0.158. The van der Waals surface area contributed by atoms with Crippen molar-refractivity contribution in [2.24, 2.45) is 0 Å². The molecule has 0 atom stereocenters. The van der Waals surface area contributed by atoms with Gasteiger partial charge in [-0.1, -0.05) is 0 Å². The van der Waals surface area contributed by atoms with Crippen molar-refractivity contribution in [2.45, 2.75) is 38.7 Å². The van der Waals surface area contributed by atoms with Crippen molar-refractivity contribution < 1.29 is 9.53 Å². The highest BCUT2D eigenvalue weighted by Crippen LogP contribution is 2.16. The zero-order chi connectivity index (χ0) is 10.3. The van der Waals surface area contributed by atoms with Crippen molar-refractivity contribution in [2.75, 3.05) is 19.1 Å². The standard InChI is InChI=1S/C10H20O2S/c1-10(2,12-3)7-5-9(11)6-8-13-4/h5-8H2,1-4H3. The molecule has 0 aromatic heterocycles. The average molecular weight is 204 g/mol. The minimum Gasteiger partial charge on any atom is -0.379 e. The number of hydrogen-bond acceptors (Lipinski definition) is 3. The molecule has 2 nitrogen and oxygen atoms in total. The van der Waals surface area contributed by atoms with Gasteiger partial charge >= 0.3 is 0 Å². The largest absolute Gasteiger partial charge is 0.379 e. The van der Waals surface area contributed by atoms with Crippen LogP contribution in [0.1, 0.15) is 33.1 Å². The van der Waals surface area contributed by atoms with Crippen LogP contribution in [0.25, 0.3) is 0 Å². The molecule has 0 aliphatic carbocycles. The summed E-state index contributed by atoms with van der Waals surface area (Å²) in [6.45, 7) is 4.02. The third-order valence-electron chi connectivity index (χ3n) is 2.14. The lowest BCUT2D eigenvalue weighted by atomic mass is 10.00. The van der Waals surface area contributed by atoms with Crippen molar-refractivity contribution in [1.82, 2.24) is 0 Å². The lowest BCUT2D eigenvalue weighted by molar-refractivity contribution is -0.120. The van der Waals surface area contributed by atoms with Gasteiger partial charge in [0, 0.05) is 20.0 Å². The number of ketones is 1. The number of Topliss-reactive ketones (excluding diaryl/α,β-unsaturated/α-hetero) is 1. The van der Waals surface area contributed by atoms with Crippen LogP contribution in [0, 0.1) is 0 Å². The molecule has 0 aliphatic rings. The number of methoxy groups -OCH3 is 1. The molecule has 0 aromatic carbocycles. The Hall–Kier alpha value is -0.0200. The van der Waals surface area contributed by atoms with E-state index in [2.05, 4.69) is 0 Å². The molecule has 0 unspecified atom stereocenters. The average Bonchev–Trinajstić information content (AvgIpc) is 2.11. The number of rotatable bonds is 7. The summed E-state index contributed by atoms with van der Waals surface area (Å²) in [6.07, 6.45) is 4.17. The van der Waals surface area contributed by atoms with Gasteiger partial charge in [0.15, 0.2) is 0 Å². The molecule has 0 saturated carbocycles. The molecule has 3 heteroatoms. The van der Waals surface area contributed by atoms with Gasteiger partial charge in [0.25, 0.3) is 0 Å². The van der Waals surface area contributed by atoms with E-state index in [4.69, 9.17) is 4.74 Å². The number of carbonyl (C=O) groups is 1. The van der Waals surface area contributed by atoms with Crippen LogP contribution in [-0.4, -0.2) is 30.5 Å². The van der Waals surface area contributed by atoms with Crippen LogP contribution in [0.15, 0.2) is 0 Å². The van der Waals surface area contributed by atoms with E-state index in [1.165, 1.54) is 0 Å². The highest BCUT2D eigenvalue weighted by Gasteiger charge is 2.17. The van der Waals surface area contributed by atoms with Crippen molar-refractivity contribution >= 4 is 17.5 Å². The number of hydrogen-bond donors (Lipinski definition) is 0. The third-order valence-corrected chi connectivity index (χ3v) is 2.76. The lowest BCUT2D eigenvalue weighted by Gasteiger charge is -2.22. The van der Waals surface area contributed by atoms with Gasteiger partial charge < -0.3 is 4.74 Å². The molecular weight excluding hydrogens is 184 g/mol. The third kappa shape index (κ3) is 7.08. The minimum absolute atomic E-state index is 0.158. The van der Waals surface area contributed by atoms with E-state index < -0.39 is 0 Å². The van der Waals surface area contributed by atoms with Gasteiger partial charge in [0.2, 0.25) is 0 Å². The Bertz CT molecular complexity index is 155. The summed E-state index contributed by atoms with van der Waals surface area (Å²) in [7, 11) is 1.69. The first-order chi connectivity index (χ1) is 6.02. The second-order valence-electron chi connectivity index (χ2n) is 3.75. The van der Waals surface area contributed by atoms with Gasteiger partial charge in [-0.2, -0.15) is 11.8 Å². The summed E-state index contributed by atoms with van der Waals surface area (Å²) in [5.41, 5.74) is -0.158. The zero-order valence-electron chi connectivity index (χ0n) is 9.05. The smallest absolute Gasteiger partial charge is 0.133 e. The molecule has 0 heterocycles. The van der Waals surface area contributed by atoms with Crippen LogP contribution in [-0.2, 0) is 9.53 Å². The number of carbonyl (C=O) groups excluding carboxylic acids is 1. The molecule has 78 valence electrons. The SMILES string of the molecule is COC(C)(C)CCC(=O)CCSC. The van der Waals surface area contributed by atoms with Gasteiger partial charge in [-0.15, -0.1) is 0 Å². The maximum absolute atomic E-state index is 11.3. The lowest BCUT2D eigenvalue weighted by Crippen LogP contribution is -2.23. The van der Waals surface area contributed by atoms with E-state index in [1.54, 1.807) is 18.9 Å². The summed E-state index contributed by atoms with van der Waals surface area (Å²) in [6, 6.07) is 0. The normalized spacial score (nSPS) is 11.7. The number of thioether (sulfide) groups is 1. The van der Waals surface area contributed by atoms with Crippen molar-refractivity contribution in [3.63, 3.8) is 0 Å². The Labute approximate surface area is 85.4 Å². The molecular formula is C10H20O2S. The maximum Gasteiger partial charge on any atom is 0.133 e. The van der Waals surface area contributed by atoms with Gasteiger partial charge in [-0.3, -0.25) is 4.79 Å². The zero-order valence-corrected chi connectivity index (χ0v) is 9.87. The van der Waals surface area contributed by atoms with Crippen LogP contribution >= 0.6 is 11.8 Å². The molecule has 0 fully saturated rings. The summed E-state index contributed by atoms with van der Waals surface area (Å²) in [5, 5.41) is 0. The van der Waals surface area contributed by atoms with Crippen LogP contribution in [0.4, 0.5) is 0 Å². The van der Waals surface area contributed by atoms with Gasteiger partial charge in [-0.25, -0.2) is 0 Å². The fraction of sp³-hybridized carbons (Fsp3) is 0.900. The Morgan fingerprint density at radius 1 is 1.38 bits per heavy atom. The van der Waals surface area contributed by atoms with Crippen molar-refractivity contribution in [3.8, 4) is 0 Å². The fourth-order valence-electron chi connectivity index (χ4n) is 0.883. The molecule has 0 radical (unpaired) electrons. The van der Waals surface area contributed by atoms with E-state index in [0.717, 1.165) is 12.2 Å². The van der Waals surface area contributed by atoms with Crippen LogP contribution in [0.2, 0.25) is 0 Å². The van der Waals surface area contributed by atoms with Gasteiger partial charge in [0.1, 0.15) is 5.78 Å². The molecule has 0 amide bonds. The van der Waals surface area contributed by atoms with Crippen LogP contribution in [0.5, 0.6) is 0 Å². The summed E-state index contributed by atoms with van der Waals surface area (Å²) in [5.74, 6) is 1.28. The highest BCUT2D eigenvalue weighted by atomic mass is 32.2. The van der Waals surface area contributed by atoms with E-state index in [0.29, 0.717) is 18.6 Å². The first-order valence-corrected chi connectivity index (χ1v) is 5.97.